The highest BCUT2D eigenvalue weighted by molar-refractivity contribution is 5.58. The summed E-state index contributed by atoms with van der Waals surface area (Å²) in [6, 6.07) is 5.15. The second-order valence-electron chi connectivity index (χ2n) is 2.96. The van der Waals surface area contributed by atoms with Gasteiger partial charge in [0.1, 0.15) is 29.7 Å². The van der Waals surface area contributed by atoms with Crippen molar-refractivity contribution in [3.05, 3.63) is 40.9 Å². The SMILES string of the molecule is N#CC(C#N)=C(C#N)Nc1cc(F)cc(F)c1F. The molecule has 0 spiro atoms. The standard InChI is InChI=1S/C11H3F3N4/c12-7-1-8(13)11(14)9(2-7)18-10(5-17)6(3-15)4-16/h1-2,18H. The van der Waals surface area contributed by atoms with Crippen molar-refractivity contribution in [2.24, 2.45) is 0 Å². The van der Waals surface area contributed by atoms with Gasteiger partial charge < -0.3 is 5.32 Å². The molecule has 0 amide bonds. The third-order valence-corrected chi connectivity index (χ3v) is 1.84. The summed E-state index contributed by atoms with van der Waals surface area (Å²) in [7, 11) is 0. The lowest BCUT2D eigenvalue weighted by atomic mass is 10.2. The van der Waals surface area contributed by atoms with Crippen molar-refractivity contribution in [3.63, 3.8) is 0 Å². The van der Waals surface area contributed by atoms with Crippen LogP contribution in [0.5, 0.6) is 0 Å². The van der Waals surface area contributed by atoms with Crippen LogP contribution in [0.1, 0.15) is 0 Å². The van der Waals surface area contributed by atoms with Crippen molar-refractivity contribution in [1.82, 2.24) is 0 Å². The van der Waals surface area contributed by atoms with E-state index < -0.39 is 34.4 Å². The van der Waals surface area contributed by atoms with Crippen LogP contribution < -0.4 is 5.32 Å². The Labute approximate surface area is 99.8 Å². The zero-order chi connectivity index (χ0) is 13.7. The maximum absolute atomic E-state index is 13.2. The molecule has 1 rings (SSSR count). The van der Waals surface area contributed by atoms with Gasteiger partial charge in [-0.15, -0.1) is 0 Å². The van der Waals surface area contributed by atoms with Crippen LogP contribution in [-0.4, -0.2) is 0 Å². The van der Waals surface area contributed by atoms with Crippen LogP contribution in [0.25, 0.3) is 0 Å². The maximum Gasteiger partial charge on any atom is 0.182 e. The summed E-state index contributed by atoms with van der Waals surface area (Å²) in [5.74, 6) is -3.94. The van der Waals surface area contributed by atoms with Crippen LogP contribution >= 0.6 is 0 Å². The van der Waals surface area contributed by atoms with E-state index >= 15 is 0 Å². The van der Waals surface area contributed by atoms with Crippen molar-refractivity contribution >= 4 is 5.69 Å². The number of rotatable bonds is 2. The van der Waals surface area contributed by atoms with Crippen molar-refractivity contribution in [3.8, 4) is 18.2 Å². The molecule has 0 atom stereocenters. The summed E-state index contributed by atoms with van der Waals surface area (Å²) in [6.45, 7) is 0. The normalized spacial score (nSPS) is 8.67. The van der Waals surface area contributed by atoms with E-state index in [1.807, 2.05) is 5.32 Å². The second kappa shape index (κ2) is 5.38. The van der Waals surface area contributed by atoms with Crippen LogP contribution in [-0.2, 0) is 0 Å². The number of anilines is 1. The van der Waals surface area contributed by atoms with E-state index in [0.29, 0.717) is 12.1 Å². The molecular weight excluding hydrogens is 245 g/mol. The fraction of sp³-hybridized carbons (Fsp3) is 0. The second-order valence-corrected chi connectivity index (χ2v) is 2.96. The molecule has 0 unspecified atom stereocenters. The molecule has 0 aliphatic rings. The predicted molar refractivity (Wildman–Crippen MR) is 53.8 cm³/mol. The molecule has 0 heterocycles. The van der Waals surface area contributed by atoms with Gasteiger partial charge in [0.05, 0.1) is 5.69 Å². The first-order valence-electron chi connectivity index (χ1n) is 4.39. The highest BCUT2D eigenvalue weighted by Gasteiger charge is 2.14. The number of hydrogen-bond donors (Lipinski definition) is 1. The first kappa shape index (κ1) is 13.1. The fourth-order valence-corrected chi connectivity index (χ4v) is 1.06. The number of benzene rings is 1. The molecular formula is C11H3F3N4. The van der Waals surface area contributed by atoms with Crippen molar-refractivity contribution in [1.29, 1.82) is 15.8 Å². The minimum absolute atomic E-state index is 0.325. The van der Waals surface area contributed by atoms with Gasteiger partial charge in [-0.1, -0.05) is 0 Å². The molecule has 0 aliphatic heterocycles. The third kappa shape index (κ3) is 2.58. The minimum Gasteiger partial charge on any atom is -0.343 e. The molecule has 1 aromatic carbocycles. The van der Waals surface area contributed by atoms with Gasteiger partial charge in [0, 0.05) is 12.1 Å². The van der Waals surface area contributed by atoms with Crippen LogP contribution in [0, 0.1) is 51.4 Å². The quantitative estimate of drug-likeness (QED) is 0.643. The molecule has 0 aliphatic carbocycles. The maximum atomic E-state index is 13.2. The number of hydrogen-bond acceptors (Lipinski definition) is 4. The molecule has 0 radical (unpaired) electrons. The number of nitriles is 3. The summed E-state index contributed by atoms with van der Waals surface area (Å²) < 4.78 is 39.0. The average molecular weight is 248 g/mol. The van der Waals surface area contributed by atoms with Gasteiger partial charge >= 0.3 is 0 Å². The van der Waals surface area contributed by atoms with Crippen molar-refractivity contribution in [2.75, 3.05) is 5.32 Å². The smallest absolute Gasteiger partial charge is 0.182 e. The van der Waals surface area contributed by atoms with Gasteiger partial charge in [0.2, 0.25) is 0 Å². The molecule has 88 valence electrons. The lowest BCUT2D eigenvalue weighted by molar-refractivity contribution is 0.498. The van der Waals surface area contributed by atoms with Gasteiger partial charge in [-0.2, -0.15) is 15.8 Å². The van der Waals surface area contributed by atoms with Gasteiger partial charge in [0.15, 0.2) is 17.2 Å². The van der Waals surface area contributed by atoms with E-state index in [-0.39, 0.29) is 0 Å². The monoisotopic (exact) mass is 248 g/mol. The first-order chi connectivity index (χ1) is 8.53. The Bertz CT molecular complexity index is 628. The number of halogens is 3. The highest BCUT2D eigenvalue weighted by Crippen LogP contribution is 2.21. The highest BCUT2D eigenvalue weighted by atomic mass is 19.2. The predicted octanol–water partition coefficient (Wildman–Crippen LogP) is 2.34. The molecule has 0 aromatic heterocycles. The third-order valence-electron chi connectivity index (χ3n) is 1.84. The lowest BCUT2D eigenvalue weighted by Gasteiger charge is -2.06. The summed E-state index contributed by atoms with van der Waals surface area (Å²) in [5.41, 5.74) is -1.89. The minimum atomic E-state index is -1.45. The van der Waals surface area contributed by atoms with Crippen molar-refractivity contribution < 1.29 is 13.2 Å². The zero-order valence-electron chi connectivity index (χ0n) is 8.63. The molecule has 0 bridgehead atoms. The van der Waals surface area contributed by atoms with Crippen LogP contribution in [0.2, 0.25) is 0 Å². The Balaban J connectivity index is 3.30. The van der Waals surface area contributed by atoms with Gasteiger partial charge in [0.25, 0.3) is 0 Å². The molecule has 1 N–H and O–H groups in total. The molecule has 0 fully saturated rings. The Morgan fingerprint density at radius 2 is 1.61 bits per heavy atom. The van der Waals surface area contributed by atoms with E-state index in [0.717, 1.165) is 0 Å². The Morgan fingerprint density at radius 3 is 2.11 bits per heavy atom. The zero-order valence-corrected chi connectivity index (χ0v) is 8.63. The molecule has 1 aromatic rings. The average Bonchev–Trinajstić information content (AvgIpc) is 2.35. The Morgan fingerprint density at radius 1 is 1.00 bits per heavy atom. The molecule has 0 saturated heterocycles. The number of allylic oxidation sites excluding steroid dienone is 2. The van der Waals surface area contributed by atoms with Crippen LogP contribution in [0.4, 0.5) is 18.9 Å². The van der Waals surface area contributed by atoms with E-state index in [4.69, 9.17) is 15.8 Å². The number of nitrogens with zero attached hydrogens (tertiary/aromatic N) is 3. The molecule has 4 nitrogen and oxygen atoms in total. The van der Waals surface area contributed by atoms with E-state index in [9.17, 15) is 13.2 Å². The fourth-order valence-electron chi connectivity index (χ4n) is 1.06. The summed E-state index contributed by atoms with van der Waals surface area (Å²) in [5, 5.41) is 27.7. The summed E-state index contributed by atoms with van der Waals surface area (Å²) >= 11 is 0. The molecule has 7 heteroatoms. The topological polar surface area (TPSA) is 83.4 Å². The first-order valence-corrected chi connectivity index (χ1v) is 4.39. The van der Waals surface area contributed by atoms with E-state index in [1.54, 1.807) is 0 Å². The van der Waals surface area contributed by atoms with Gasteiger partial charge in [-0.3, -0.25) is 0 Å². The van der Waals surface area contributed by atoms with E-state index in [1.165, 1.54) is 18.2 Å². The lowest BCUT2D eigenvalue weighted by Crippen LogP contribution is -2.04. The van der Waals surface area contributed by atoms with Crippen molar-refractivity contribution in [2.45, 2.75) is 0 Å². The Kier molecular flexibility index (Phi) is 3.91. The summed E-state index contributed by atoms with van der Waals surface area (Å²) in [6.07, 6.45) is 0. The number of nitrogens with one attached hydrogen (secondary N) is 1. The Hall–Kier alpha value is -2.98. The molecule has 0 saturated carbocycles. The van der Waals surface area contributed by atoms with Gasteiger partial charge in [-0.25, -0.2) is 13.2 Å². The largest absolute Gasteiger partial charge is 0.343 e. The van der Waals surface area contributed by atoms with Gasteiger partial charge in [-0.05, 0) is 0 Å². The van der Waals surface area contributed by atoms with Crippen LogP contribution in [0.15, 0.2) is 23.4 Å². The van der Waals surface area contributed by atoms with E-state index in [2.05, 4.69) is 0 Å². The summed E-state index contributed by atoms with van der Waals surface area (Å²) in [4.78, 5) is 0. The van der Waals surface area contributed by atoms with Crippen LogP contribution in [0.3, 0.4) is 0 Å². The molecule has 18 heavy (non-hydrogen) atoms.